The van der Waals surface area contributed by atoms with Crippen LogP contribution in [0.3, 0.4) is 0 Å². The zero-order chi connectivity index (χ0) is 9.52. The summed E-state index contributed by atoms with van der Waals surface area (Å²) in [7, 11) is 0. The predicted octanol–water partition coefficient (Wildman–Crippen LogP) is 2.20. The average molecular weight is 183 g/mol. The molecule has 0 aromatic heterocycles. The van der Waals surface area contributed by atoms with Crippen LogP contribution in [0.25, 0.3) is 0 Å². The normalized spacial score (nSPS) is 9.31. The summed E-state index contributed by atoms with van der Waals surface area (Å²) in [6.07, 6.45) is -0.635. The minimum absolute atomic E-state index is 0.210. The zero-order valence-electron chi connectivity index (χ0n) is 7.00. The maximum atomic E-state index is 11.6. The fourth-order valence-corrected chi connectivity index (χ4v) is 0.807. The molecular formula is C9H10FNO2. The van der Waals surface area contributed by atoms with Crippen molar-refractivity contribution >= 4 is 11.8 Å². The number of ether oxygens (including phenoxy) is 1. The lowest BCUT2D eigenvalue weighted by Gasteiger charge is -2.04. The number of anilines is 1. The Kier molecular flexibility index (Phi) is 3.75. The quantitative estimate of drug-likeness (QED) is 0.780. The lowest BCUT2D eigenvalue weighted by atomic mass is 10.3. The monoisotopic (exact) mass is 183 g/mol. The SMILES string of the molecule is O=C(Nc1ccccc1)OCCF. The number of hydrogen-bond donors (Lipinski definition) is 1. The van der Waals surface area contributed by atoms with Crippen LogP contribution in [0.2, 0.25) is 0 Å². The molecule has 1 aromatic carbocycles. The predicted molar refractivity (Wildman–Crippen MR) is 47.4 cm³/mol. The minimum atomic E-state index is -0.664. The molecule has 70 valence electrons. The van der Waals surface area contributed by atoms with Crippen LogP contribution in [0, 0.1) is 0 Å². The van der Waals surface area contributed by atoms with E-state index in [2.05, 4.69) is 10.1 Å². The molecule has 1 N–H and O–H groups in total. The van der Waals surface area contributed by atoms with Crippen molar-refractivity contribution in [2.75, 3.05) is 18.6 Å². The summed E-state index contributed by atoms with van der Waals surface area (Å²) < 4.78 is 16.1. The summed E-state index contributed by atoms with van der Waals surface area (Å²) in [6, 6.07) is 8.83. The van der Waals surface area contributed by atoms with E-state index < -0.39 is 12.8 Å². The van der Waals surface area contributed by atoms with Crippen LogP contribution in [0.15, 0.2) is 30.3 Å². The molecule has 0 bridgehead atoms. The van der Waals surface area contributed by atoms with Crippen molar-refractivity contribution in [3.8, 4) is 0 Å². The molecule has 1 amide bonds. The van der Waals surface area contributed by atoms with Gasteiger partial charge < -0.3 is 4.74 Å². The van der Waals surface area contributed by atoms with Crippen molar-refractivity contribution in [2.45, 2.75) is 0 Å². The first kappa shape index (κ1) is 9.51. The van der Waals surface area contributed by atoms with Gasteiger partial charge in [0.25, 0.3) is 0 Å². The Hall–Kier alpha value is -1.58. The fraction of sp³-hybridized carbons (Fsp3) is 0.222. The third-order valence-electron chi connectivity index (χ3n) is 1.33. The number of carbonyl (C=O) groups is 1. The second-order valence-corrected chi connectivity index (χ2v) is 2.32. The molecule has 0 aliphatic rings. The van der Waals surface area contributed by atoms with Crippen LogP contribution in [0.4, 0.5) is 14.9 Å². The number of benzene rings is 1. The lowest BCUT2D eigenvalue weighted by Crippen LogP contribution is -2.14. The Morgan fingerprint density at radius 1 is 1.38 bits per heavy atom. The Morgan fingerprint density at radius 3 is 2.69 bits per heavy atom. The van der Waals surface area contributed by atoms with Crippen LogP contribution < -0.4 is 5.32 Å². The van der Waals surface area contributed by atoms with Crippen LogP contribution in [0.5, 0.6) is 0 Å². The van der Waals surface area contributed by atoms with Gasteiger partial charge in [0.05, 0.1) is 0 Å². The van der Waals surface area contributed by atoms with Gasteiger partial charge in [0.1, 0.15) is 13.3 Å². The molecular weight excluding hydrogens is 173 g/mol. The summed E-state index contributed by atoms with van der Waals surface area (Å²) in [5, 5.41) is 2.45. The third kappa shape index (κ3) is 3.55. The van der Waals surface area contributed by atoms with E-state index in [9.17, 15) is 9.18 Å². The average Bonchev–Trinajstić information content (AvgIpc) is 2.16. The van der Waals surface area contributed by atoms with Gasteiger partial charge in [-0.15, -0.1) is 0 Å². The van der Waals surface area contributed by atoms with Crippen molar-refractivity contribution in [2.24, 2.45) is 0 Å². The maximum Gasteiger partial charge on any atom is 0.411 e. The number of carbonyl (C=O) groups excluding carboxylic acids is 1. The van der Waals surface area contributed by atoms with E-state index in [1.54, 1.807) is 24.3 Å². The van der Waals surface area contributed by atoms with Crippen molar-refractivity contribution < 1.29 is 13.9 Å². The topological polar surface area (TPSA) is 38.3 Å². The molecule has 0 aliphatic heterocycles. The molecule has 13 heavy (non-hydrogen) atoms. The highest BCUT2D eigenvalue weighted by Crippen LogP contribution is 2.04. The van der Waals surface area contributed by atoms with E-state index in [-0.39, 0.29) is 6.61 Å². The van der Waals surface area contributed by atoms with Crippen LogP contribution in [-0.4, -0.2) is 19.4 Å². The minimum Gasteiger partial charge on any atom is -0.447 e. The highest BCUT2D eigenvalue weighted by Gasteiger charge is 2.00. The van der Waals surface area contributed by atoms with Crippen LogP contribution in [0.1, 0.15) is 0 Å². The van der Waals surface area contributed by atoms with E-state index >= 15 is 0 Å². The lowest BCUT2D eigenvalue weighted by molar-refractivity contribution is 0.152. The first-order valence-corrected chi connectivity index (χ1v) is 3.87. The summed E-state index contributed by atoms with van der Waals surface area (Å²) in [6.45, 7) is -0.874. The molecule has 1 rings (SSSR count). The number of hydrogen-bond acceptors (Lipinski definition) is 2. The van der Waals surface area contributed by atoms with Gasteiger partial charge in [-0.1, -0.05) is 18.2 Å². The van der Waals surface area contributed by atoms with E-state index in [0.717, 1.165) is 0 Å². The smallest absolute Gasteiger partial charge is 0.411 e. The molecule has 0 spiro atoms. The largest absolute Gasteiger partial charge is 0.447 e. The van der Waals surface area contributed by atoms with Gasteiger partial charge >= 0.3 is 6.09 Å². The number of alkyl halides is 1. The molecule has 0 saturated heterocycles. The van der Waals surface area contributed by atoms with Crippen molar-refractivity contribution in [3.63, 3.8) is 0 Å². The van der Waals surface area contributed by atoms with Crippen molar-refractivity contribution in [1.82, 2.24) is 0 Å². The first-order valence-electron chi connectivity index (χ1n) is 3.87. The van der Waals surface area contributed by atoms with Crippen molar-refractivity contribution in [1.29, 1.82) is 0 Å². The highest BCUT2D eigenvalue weighted by atomic mass is 19.1. The van der Waals surface area contributed by atoms with E-state index in [4.69, 9.17) is 0 Å². The van der Waals surface area contributed by atoms with E-state index in [0.29, 0.717) is 5.69 Å². The summed E-state index contributed by atoms with van der Waals surface area (Å²) in [4.78, 5) is 10.9. The Bertz CT molecular complexity index is 264. The third-order valence-corrected chi connectivity index (χ3v) is 1.33. The molecule has 0 heterocycles. The number of para-hydroxylation sites is 1. The number of nitrogens with one attached hydrogen (secondary N) is 1. The van der Waals surface area contributed by atoms with E-state index in [1.807, 2.05) is 6.07 Å². The Balaban J connectivity index is 2.37. The molecule has 0 radical (unpaired) electrons. The molecule has 0 atom stereocenters. The second kappa shape index (κ2) is 5.13. The summed E-state index contributed by atoms with van der Waals surface area (Å²) in [5.74, 6) is 0. The molecule has 0 aliphatic carbocycles. The molecule has 1 aromatic rings. The molecule has 0 unspecified atom stereocenters. The molecule has 0 fully saturated rings. The maximum absolute atomic E-state index is 11.6. The van der Waals surface area contributed by atoms with Crippen LogP contribution >= 0.6 is 0 Å². The zero-order valence-corrected chi connectivity index (χ0v) is 7.00. The van der Waals surface area contributed by atoms with Gasteiger partial charge in [-0.05, 0) is 12.1 Å². The summed E-state index contributed by atoms with van der Waals surface area (Å²) >= 11 is 0. The van der Waals surface area contributed by atoms with Gasteiger partial charge in [-0.2, -0.15) is 0 Å². The van der Waals surface area contributed by atoms with Gasteiger partial charge in [-0.3, -0.25) is 5.32 Å². The molecule has 3 nitrogen and oxygen atoms in total. The number of halogens is 1. The van der Waals surface area contributed by atoms with Crippen molar-refractivity contribution in [3.05, 3.63) is 30.3 Å². The number of amides is 1. The van der Waals surface area contributed by atoms with Gasteiger partial charge in [0.2, 0.25) is 0 Å². The summed E-state index contributed by atoms with van der Waals surface area (Å²) in [5.41, 5.74) is 0.631. The molecule has 4 heteroatoms. The Morgan fingerprint density at radius 2 is 2.08 bits per heavy atom. The van der Waals surface area contributed by atoms with Gasteiger partial charge in [-0.25, -0.2) is 9.18 Å². The fourth-order valence-electron chi connectivity index (χ4n) is 0.807. The standard InChI is InChI=1S/C9H10FNO2/c10-6-7-13-9(12)11-8-4-2-1-3-5-8/h1-5H,6-7H2,(H,11,12). The first-order chi connectivity index (χ1) is 6.33. The van der Waals surface area contributed by atoms with Crippen LogP contribution in [-0.2, 0) is 4.74 Å². The second-order valence-electron chi connectivity index (χ2n) is 2.32. The highest BCUT2D eigenvalue weighted by molar-refractivity contribution is 5.84. The Labute approximate surface area is 75.5 Å². The number of rotatable bonds is 3. The van der Waals surface area contributed by atoms with Gasteiger partial charge in [0, 0.05) is 5.69 Å². The van der Waals surface area contributed by atoms with Gasteiger partial charge in [0.15, 0.2) is 0 Å². The molecule has 0 saturated carbocycles. The van der Waals surface area contributed by atoms with E-state index in [1.165, 1.54) is 0 Å².